The summed E-state index contributed by atoms with van der Waals surface area (Å²) in [5.41, 5.74) is 0. The number of carbonyl (C=O) groups is 2. The number of piperidine rings is 1. The normalized spacial score (nSPS) is 32.3. The molecule has 3 aliphatic heterocycles. The lowest BCUT2D eigenvalue weighted by Crippen LogP contribution is -2.50. The van der Waals surface area contributed by atoms with Gasteiger partial charge in [0, 0.05) is 18.7 Å². The number of nitrogens with one attached hydrogen (secondary N) is 1. The molecule has 0 aromatic rings. The highest BCUT2D eigenvalue weighted by Crippen LogP contribution is 2.47. The zero-order valence-electron chi connectivity index (χ0n) is 13.5. The van der Waals surface area contributed by atoms with E-state index in [1.165, 1.54) is 32.4 Å². The molecule has 0 spiro atoms. The van der Waals surface area contributed by atoms with Gasteiger partial charge in [0.05, 0.1) is 4.87 Å². The second kappa shape index (κ2) is 6.79. The minimum Gasteiger partial charge on any atom is -0.354 e. The molecule has 0 saturated carbocycles. The Morgan fingerprint density at radius 2 is 2.14 bits per heavy atom. The van der Waals surface area contributed by atoms with Crippen molar-refractivity contribution in [3.8, 4) is 0 Å². The molecule has 3 aliphatic rings. The second-order valence-electron chi connectivity index (χ2n) is 6.81. The first-order valence-corrected chi connectivity index (χ1v) is 9.55. The van der Waals surface area contributed by atoms with E-state index in [0.717, 1.165) is 31.7 Å². The highest BCUT2D eigenvalue weighted by Gasteiger charge is 2.52. The molecule has 0 radical (unpaired) electrons. The van der Waals surface area contributed by atoms with E-state index in [0.29, 0.717) is 6.42 Å². The lowest BCUT2D eigenvalue weighted by molar-refractivity contribution is -0.137. The van der Waals surface area contributed by atoms with Gasteiger partial charge >= 0.3 is 0 Å². The molecule has 0 aliphatic carbocycles. The zero-order valence-corrected chi connectivity index (χ0v) is 14.3. The van der Waals surface area contributed by atoms with Gasteiger partial charge in [0.1, 0.15) is 6.04 Å². The largest absolute Gasteiger partial charge is 0.354 e. The van der Waals surface area contributed by atoms with Gasteiger partial charge in [-0.05, 0) is 52.2 Å². The van der Waals surface area contributed by atoms with Gasteiger partial charge in [-0.2, -0.15) is 0 Å². The fraction of sp³-hybridized carbons (Fsp3) is 0.875. The molecule has 3 rings (SSSR count). The minimum absolute atomic E-state index is 0.0325. The number of rotatable bonds is 5. The fourth-order valence-electron chi connectivity index (χ4n) is 3.83. The number of likely N-dealkylation sites (tertiary alicyclic amines) is 1. The van der Waals surface area contributed by atoms with Gasteiger partial charge in [0.25, 0.3) is 0 Å². The van der Waals surface area contributed by atoms with E-state index in [-0.39, 0.29) is 22.7 Å². The Morgan fingerprint density at radius 1 is 1.36 bits per heavy atom. The first-order valence-electron chi connectivity index (χ1n) is 8.56. The summed E-state index contributed by atoms with van der Waals surface area (Å²) >= 11 is 1.75. The molecule has 0 bridgehead atoms. The van der Waals surface area contributed by atoms with Crippen molar-refractivity contribution in [1.82, 2.24) is 15.1 Å². The molecule has 3 fully saturated rings. The van der Waals surface area contributed by atoms with E-state index < -0.39 is 0 Å². The maximum absolute atomic E-state index is 12.4. The first kappa shape index (κ1) is 16.1. The molecule has 22 heavy (non-hydrogen) atoms. The van der Waals surface area contributed by atoms with Crippen molar-refractivity contribution in [2.75, 3.05) is 31.9 Å². The quantitative estimate of drug-likeness (QED) is 0.777. The lowest BCUT2D eigenvalue weighted by atomic mass is 10.1. The van der Waals surface area contributed by atoms with Crippen LogP contribution in [0.2, 0.25) is 0 Å². The van der Waals surface area contributed by atoms with Gasteiger partial charge in [-0.25, -0.2) is 0 Å². The Kier molecular flexibility index (Phi) is 4.97. The molecule has 124 valence electrons. The molecule has 2 unspecified atom stereocenters. The van der Waals surface area contributed by atoms with Crippen LogP contribution in [0.4, 0.5) is 0 Å². The predicted molar refractivity (Wildman–Crippen MR) is 88.6 cm³/mol. The van der Waals surface area contributed by atoms with Gasteiger partial charge in [0.15, 0.2) is 0 Å². The minimum atomic E-state index is -0.264. The van der Waals surface area contributed by atoms with Crippen LogP contribution in [-0.2, 0) is 9.59 Å². The van der Waals surface area contributed by atoms with Gasteiger partial charge in [-0.15, -0.1) is 11.8 Å². The van der Waals surface area contributed by atoms with E-state index in [1.807, 2.05) is 4.90 Å². The van der Waals surface area contributed by atoms with Crippen molar-refractivity contribution in [2.24, 2.45) is 0 Å². The van der Waals surface area contributed by atoms with Gasteiger partial charge in [-0.3, -0.25) is 9.59 Å². The molecular formula is C16H27N3O2S. The summed E-state index contributed by atoms with van der Waals surface area (Å²) in [7, 11) is 0. The Balaban J connectivity index is 1.41. The lowest BCUT2D eigenvalue weighted by Gasteiger charge is -2.30. The second-order valence-corrected chi connectivity index (χ2v) is 8.31. The van der Waals surface area contributed by atoms with E-state index in [2.05, 4.69) is 17.1 Å². The van der Waals surface area contributed by atoms with Crippen molar-refractivity contribution in [1.29, 1.82) is 0 Å². The van der Waals surface area contributed by atoms with Crippen molar-refractivity contribution < 1.29 is 9.59 Å². The molecule has 6 heteroatoms. The Labute approximate surface area is 137 Å². The van der Waals surface area contributed by atoms with Crippen LogP contribution in [0.5, 0.6) is 0 Å². The number of carbonyl (C=O) groups excluding carboxylic acids is 2. The van der Waals surface area contributed by atoms with Crippen molar-refractivity contribution in [3.63, 3.8) is 0 Å². The maximum atomic E-state index is 12.4. The number of nitrogens with zero attached hydrogens (tertiary/aromatic N) is 2. The molecular weight excluding hydrogens is 298 g/mol. The van der Waals surface area contributed by atoms with E-state index >= 15 is 0 Å². The van der Waals surface area contributed by atoms with Crippen LogP contribution in [0, 0.1) is 0 Å². The third-order valence-electron chi connectivity index (χ3n) is 5.15. The number of fused-ring (bicyclic) bond motifs is 1. The topological polar surface area (TPSA) is 52.7 Å². The van der Waals surface area contributed by atoms with Crippen LogP contribution in [0.15, 0.2) is 0 Å². The third-order valence-corrected chi connectivity index (χ3v) is 6.65. The van der Waals surface area contributed by atoms with E-state index in [9.17, 15) is 9.59 Å². The molecule has 0 aromatic heterocycles. The van der Waals surface area contributed by atoms with E-state index in [1.54, 1.807) is 11.8 Å². The number of thioether (sulfide) groups is 1. The van der Waals surface area contributed by atoms with Crippen LogP contribution < -0.4 is 5.32 Å². The van der Waals surface area contributed by atoms with Gasteiger partial charge < -0.3 is 15.1 Å². The van der Waals surface area contributed by atoms with Crippen LogP contribution in [0.1, 0.15) is 45.4 Å². The van der Waals surface area contributed by atoms with Crippen LogP contribution in [-0.4, -0.2) is 64.5 Å². The zero-order chi connectivity index (χ0) is 15.6. The van der Waals surface area contributed by atoms with Crippen LogP contribution in [0.3, 0.4) is 0 Å². The van der Waals surface area contributed by atoms with Crippen LogP contribution in [0.25, 0.3) is 0 Å². The monoisotopic (exact) mass is 325 g/mol. The summed E-state index contributed by atoms with van der Waals surface area (Å²) < 4.78 is 0. The third kappa shape index (κ3) is 3.27. The summed E-state index contributed by atoms with van der Waals surface area (Å²) in [6.07, 6.45) is 6.42. The summed E-state index contributed by atoms with van der Waals surface area (Å²) in [6.45, 7) is 6.28. The summed E-state index contributed by atoms with van der Waals surface area (Å²) in [6, 6.07) is -0.264. The average Bonchev–Trinajstić information content (AvgIpc) is 3.01. The predicted octanol–water partition coefficient (Wildman–Crippen LogP) is 1.43. The smallest absolute Gasteiger partial charge is 0.243 e. The Morgan fingerprint density at radius 3 is 2.91 bits per heavy atom. The van der Waals surface area contributed by atoms with Crippen molar-refractivity contribution in [2.45, 2.75) is 56.4 Å². The SMILES string of the molecule is CC12CCC(=O)N1C(C(=O)NCCCN1CCCCC1)CS2. The molecule has 5 nitrogen and oxygen atoms in total. The Hall–Kier alpha value is -0.750. The Bertz CT molecular complexity index is 439. The average molecular weight is 325 g/mol. The molecule has 2 atom stereocenters. The van der Waals surface area contributed by atoms with Crippen molar-refractivity contribution >= 4 is 23.6 Å². The molecule has 0 aromatic carbocycles. The number of hydrogen-bond donors (Lipinski definition) is 1. The van der Waals surface area contributed by atoms with E-state index in [4.69, 9.17) is 0 Å². The van der Waals surface area contributed by atoms with Crippen LogP contribution >= 0.6 is 11.8 Å². The maximum Gasteiger partial charge on any atom is 0.243 e. The highest BCUT2D eigenvalue weighted by atomic mass is 32.2. The standard InChI is InChI=1S/C16H27N3O2S/c1-16-7-6-14(20)19(16)13(12-22-16)15(21)17-8-5-11-18-9-3-2-4-10-18/h13H,2-12H2,1H3,(H,17,21). The summed E-state index contributed by atoms with van der Waals surface area (Å²) in [5, 5.41) is 3.04. The molecule has 3 saturated heterocycles. The van der Waals surface area contributed by atoms with Gasteiger partial charge in [0.2, 0.25) is 11.8 Å². The summed E-state index contributed by atoms with van der Waals surface area (Å²) in [4.78, 5) is 28.6. The first-order chi connectivity index (χ1) is 10.6. The molecule has 3 heterocycles. The summed E-state index contributed by atoms with van der Waals surface area (Å²) in [5.74, 6) is 0.909. The van der Waals surface area contributed by atoms with Gasteiger partial charge in [-0.1, -0.05) is 6.42 Å². The van der Waals surface area contributed by atoms with Crippen molar-refractivity contribution in [3.05, 3.63) is 0 Å². The molecule has 2 amide bonds. The number of amides is 2. The number of hydrogen-bond acceptors (Lipinski definition) is 4. The fourth-order valence-corrected chi connectivity index (χ4v) is 5.26. The highest BCUT2D eigenvalue weighted by molar-refractivity contribution is 8.01. The molecule has 1 N–H and O–H groups in total.